The lowest BCUT2D eigenvalue weighted by Gasteiger charge is -1.85. The Morgan fingerprint density at radius 1 is 1.33 bits per heavy atom. The predicted octanol–water partition coefficient (Wildman–Crippen LogP) is 2.47. The van der Waals surface area contributed by atoms with Crippen molar-refractivity contribution in [2.45, 2.75) is 6.54 Å². The van der Waals surface area contributed by atoms with E-state index in [0.29, 0.717) is 11.8 Å². The Hall–Kier alpha value is -1.24. The molecular formula is C9H7N3OS2. The molecule has 0 amide bonds. The Labute approximate surface area is 93.4 Å². The average Bonchev–Trinajstić information content (AvgIpc) is 2.91. The molecule has 0 unspecified atom stereocenters. The van der Waals surface area contributed by atoms with E-state index in [2.05, 4.69) is 27.7 Å². The van der Waals surface area contributed by atoms with Crippen molar-refractivity contribution in [3.05, 3.63) is 23.4 Å². The van der Waals surface area contributed by atoms with Gasteiger partial charge in [0.25, 0.3) is 5.89 Å². The highest BCUT2D eigenvalue weighted by Crippen LogP contribution is 2.35. The maximum atomic E-state index is 5.41. The summed E-state index contributed by atoms with van der Waals surface area (Å²) in [7, 11) is 0. The number of fused-ring (bicyclic) bond motifs is 1. The van der Waals surface area contributed by atoms with Gasteiger partial charge in [-0.05, 0) is 17.5 Å². The molecule has 3 rings (SSSR count). The van der Waals surface area contributed by atoms with Gasteiger partial charge >= 0.3 is 0 Å². The Kier molecular flexibility index (Phi) is 2.05. The summed E-state index contributed by atoms with van der Waals surface area (Å²) >= 11 is 3.37. The smallest absolute Gasteiger partial charge is 0.257 e. The van der Waals surface area contributed by atoms with Crippen LogP contribution in [-0.2, 0) is 6.54 Å². The first kappa shape index (κ1) is 9.02. The van der Waals surface area contributed by atoms with Gasteiger partial charge < -0.3 is 10.2 Å². The maximum absolute atomic E-state index is 5.41. The molecule has 2 N–H and O–H groups in total. The third-order valence-corrected chi connectivity index (χ3v) is 4.07. The standard InChI is InChI=1S/C9H7N3OS2/c10-4-8-11-12-9(13-8)7-3-6-5(15-7)1-2-14-6/h1-3H,4,10H2. The lowest BCUT2D eigenvalue weighted by Crippen LogP contribution is -1.95. The van der Waals surface area contributed by atoms with E-state index in [9.17, 15) is 0 Å². The van der Waals surface area contributed by atoms with Gasteiger partial charge in [-0.3, -0.25) is 0 Å². The van der Waals surface area contributed by atoms with Crippen LogP contribution in [0.4, 0.5) is 0 Å². The quantitative estimate of drug-likeness (QED) is 0.743. The van der Waals surface area contributed by atoms with Crippen LogP contribution in [0.2, 0.25) is 0 Å². The van der Waals surface area contributed by atoms with Gasteiger partial charge in [0.2, 0.25) is 5.89 Å². The van der Waals surface area contributed by atoms with Crippen molar-refractivity contribution < 1.29 is 4.42 Å². The lowest BCUT2D eigenvalue weighted by atomic mass is 10.4. The summed E-state index contributed by atoms with van der Waals surface area (Å²) in [5.41, 5.74) is 5.41. The van der Waals surface area contributed by atoms with E-state index in [1.807, 2.05) is 0 Å². The Morgan fingerprint density at radius 3 is 3.00 bits per heavy atom. The predicted molar refractivity (Wildman–Crippen MR) is 60.9 cm³/mol. The van der Waals surface area contributed by atoms with Crippen LogP contribution in [0.5, 0.6) is 0 Å². The number of aromatic nitrogens is 2. The average molecular weight is 237 g/mol. The summed E-state index contributed by atoms with van der Waals surface area (Å²) in [6.07, 6.45) is 0. The Morgan fingerprint density at radius 2 is 2.27 bits per heavy atom. The van der Waals surface area contributed by atoms with Crippen molar-refractivity contribution in [3.63, 3.8) is 0 Å². The van der Waals surface area contributed by atoms with Crippen molar-refractivity contribution in [1.29, 1.82) is 0 Å². The summed E-state index contributed by atoms with van der Waals surface area (Å²) in [4.78, 5) is 1.00. The molecular weight excluding hydrogens is 230 g/mol. The van der Waals surface area contributed by atoms with Gasteiger partial charge in [0.1, 0.15) is 0 Å². The Bertz CT molecular complexity index is 567. The molecule has 0 spiro atoms. The molecule has 0 saturated carbocycles. The van der Waals surface area contributed by atoms with Crippen LogP contribution in [0.1, 0.15) is 5.89 Å². The summed E-state index contributed by atoms with van der Waals surface area (Å²) < 4.78 is 7.89. The summed E-state index contributed by atoms with van der Waals surface area (Å²) in [5.74, 6) is 1.03. The zero-order valence-corrected chi connectivity index (χ0v) is 9.27. The second kappa shape index (κ2) is 3.41. The molecule has 76 valence electrons. The van der Waals surface area contributed by atoms with Gasteiger partial charge in [0, 0.05) is 9.40 Å². The van der Waals surface area contributed by atoms with E-state index < -0.39 is 0 Å². The number of nitrogens with zero attached hydrogens (tertiary/aromatic N) is 2. The number of thiophene rings is 2. The molecule has 4 nitrogen and oxygen atoms in total. The van der Waals surface area contributed by atoms with Crippen LogP contribution in [0.15, 0.2) is 21.9 Å². The van der Waals surface area contributed by atoms with Crippen LogP contribution in [0.3, 0.4) is 0 Å². The molecule has 6 heteroatoms. The minimum Gasteiger partial charge on any atom is -0.419 e. The van der Waals surface area contributed by atoms with Crippen molar-refractivity contribution in [1.82, 2.24) is 10.2 Å². The summed E-state index contributed by atoms with van der Waals surface area (Å²) in [6, 6.07) is 4.16. The van der Waals surface area contributed by atoms with Gasteiger partial charge in [0.05, 0.1) is 11.4 Å². The van der Waals surface area contributed by atoms with E-state index in [4.69, 9.17) is 10.2 Å². The molecule has 0 aliphatic rings. The Balaban J connectivity index is 2.09. The molecule has 0 radical (unpaired) electrons. The fourth-order valence-corrected chi connectivity index (χ4v) is 3.34. The molecule has 0 fully saturated rings. The first-order chi connectivity index (χ1) is 7.36. The lowest BCUT2D eigenvalue weighted by molar-refractivity contribution is 0.510. The number of hydrogen-bond donors (Lipinski definition) is 1. The van der Waals surface area contributed by atoms with E-state index in [1.54, 1.807) is 22.7 Å². The van der Waals surface area contributed by atoms with E-state index >= 15 is 0 Å². The van der Waals surface area contributed by atoms with Crippen LogP contribution in [0, 0.1) is 0 Å². The third kappa shape index (κ3) is 1.46. The molecule has 3 heterocycles. The van der Waals surface area contributed by atoms with Crippen molar-refractivity contribution in [3.8, 4) is 10.8 Å². The molecule has 3 aromatic rings. The topological polar surface area (TPSA) is 64.9 Å². The van der Waals surface area contributed by atoms with Crippen molar-refractivity contribution in [2.24, 2.45) is 5.73 Å². The maximum Gasteiger partial charge on any atom is 0.257 e. The van der Waals surface area contributed by atoms with Gasteiger partial charge in [-0.15, -0.1) is 32.9 Å². The summed E-state index contributed by atoms with van der Waals surface area (Å²) in [5, 5.41) is 9.86. The van der Waals surface area contributed by atoms with Crippen molar-refractivity contribution in [2.75, 3.05) is 0 Å². The van der Waals surface area contributed by atoms with E-state index in [-0.39, 0.29) is 6.54 Å². The monoisotopic (exact) mass is 237 g/mol. The summed E-state index contributed by atoms with van der Waals surface area (Å²) in [6.45, 7) is 0.284. The molecule has 3 aromatic heterocycles. The largest absolute Gasteiger partial charge is 0.419 e. The van der Waals surface area contributed by atoms with Gasteiger partial charge in [0.15, 0.2) is 0 Å². The second-order valence-electron chi connectivity index (χ2n) is 2.96. The van der Waals surface area contributed by atoms with Crippen LogP contribution in [-0.4, -0.2) is 10.2 Å². The highest BCUT2D eigenvalue weighted by molar-refractivity contribution is 7.28. The minimum atomic E-state index is 0.284. The zero-order valence-electron chi connectivity index (χ0n) is 7.64. The first-order valence-corrected chi connectivity index (χ1v) is 6.06. The molecule has 0 aromatic carbocycles. The fraction of sp³-hybridized carbons (Fsp3) is 0.111. The van der Waals surface area contributed by atoms with Gasteiger partial charge in [-0.25, -0.2) is 0 Å². The molecule has 0 aliphatic heterocycles. The normalized spacial score (nSPS) is 11.3. The molecule has 0 aliphatic carbocycles. The highest BCUT2D eigenvalue weighted by Gasteiger charge is 2.11. The minimum absolute atomic E-state index is 0.284. The van der Waals surface area contributed by atoms with E-state index in [1.165, 1.54) is 9.40 Å². The fourth-order valence-electron chi connectivity index (χ4n) is 1.31. The second-order valence-corrected chi connectivity index (χ2v) is 5.00. The molecule has 0 saturated heterocycles. The van der Waals surface area contributed by atoms with Crippen molar-refractivity contribution >= 4 is 32.1 Å². The van der Waals surface area contributed by atoms with Crippen LogP contribution in [0.25, 0.3) is 20.2 Å². The highest BCUT2D eigenvalue weighted by atomic mass is 32.1. The molecule has 0 bridgehead atoms. The van der Waals surface area contributed by atoms with Gasteiger partial charge in [-0.2, -0.15) is 0 Å². The van der Waals surface area contributed by atoms with Gasteiger partial charge in [-0.1, -0.05) is 0 Å². The molecule has 15 heavy (non-hydrogen) atoms. The van der Waals surface area contributed by atoms with E-state index in [0.717, 1.165) is 4.88 Å². The molecule has 0 atom stereocenters. The van der Waals surface area contributed by atoms with Crippen LogP contribution >= 0.6 is 22.7 Å². The SMILES string of the molecule is NCc1nnc(-c2cc3sccc3s2)o1. The zero-order chi connectivity index (χ0) is 10.3. The van der Waals surface area contributed by atoms with Crippen LogP contribution < -0.4 is 5.73 Å². The number of nitrogens with two attached hydrogens (primary N) is 1. The third-order valence-electron chi connectivity index (χ3n) is 1.99. The first-order valence-electron chi connectivity index (χ1n) is 4.36. The number of hydrogen-bond acceptors (Lipinski definition) is 6. The number of rotatable bonds is 2.